The van der Waals surface area contributed by atoms with Crippen LogP contribution in [-0.4, -0.2) is 52.9 Å². The standard InChI is InChI=1S/C34H43N5O5S/c1-6-8-9-10-11-27(7-2)43-34(40)39(5)22-24-12-14-25(15-13-24)29-20-31(44-38-29)32-33(35)36-21-30(37-32)26-16-18-28(19-17-26)45(41,42)23(3)4/h12-21,23,27H,6-11,22H2,1-5H3,(H2,35,36). The van der Waals surface area contributed by atoms with Crippen LogP contribution in [0.2, 0.25) is 0 Å². The van der Waals surface area contributed by atoms with Crippen LogP contribution >= 0.6 is 0 Å². The first-order chi connectivity index (χ1) is 21.5. The van der Waals surface area contributed by atoms with Crippen LogP contribution in [0.4, 0.5) is 10.6 Å². The van der Waals surface area contributed by atoms with E-state index in [2.05, 4.69) is 22.0 Å². The molecule has 0 aliphatic heterocycles. The minimum absolute atomic E-state index is 0.0611. The van der Waals surface area contributed by atoms with E-state index < -0.39 is 15.1 Å². The van der Waals surface area contributed by atoms with Crippen molar-refractivity contribution in [2.45, 2.75) is 89.0 Å². The van der Waals surface area contributed by atoms with Gasteiger partial charge in [0.2, 0.25) is 0 Å². The highest BCUT2D eigenvalue weighted by molar-refractivity contribution is 7.92. The predicted octanol–water partition coefficient (Wildman–Crippen LogP) is 7.55. The van der Waals surface area contributed by atoms with Gasteiger partial charge in [-0.3, -0.25) is 0 Å². The molecule has 4 aromatic rings. The molecule has 240 valence electrons. The number of nitrogens with two attached hydrogens (primary N) is 1. The van der Waals surface area contributed by atoms with Gasteiger partial charge in [-0.05, 0) is 50.8 Å². The smallest absolute Gasteiger partial charge is 0.410 e. The summed E-state index contributed by atoms with van der Waals surface area (Å²) in [6, 6.07) is 16.0. The van der Waals surface area contributed by atoms with Crippen molar-refractivity contribution < 1.29 is 22.5 Å². The quantitative estimate of drug-likeness (QED) is 0.139. The van der Waals surface area contributed by atoms with Crippen LogP contribution in [0.5, 0.6) is 0 Å². The Labute approximate surface area is 265 Å². The SMILES string of the molecule is CCCCCCC(CC)OC(=O)N(C)Cc1ccc(-c2cc(-c3nc(-c4ccc(S(=O)(=O)C(C)C)cc4)cnc3N)on2)cc1. The molecule has 0 saturated heterocycles. The molecule has 45 heavy (non-hydrogen) atoms. The summed E-state index contributed by atoms with van der Waals surface area (Å²) in [5.41, 5.74) is 10.0. The molecule has 2 aromatic carbocycles. The Balaban J connectivity index is 1.42. The van der Waals surface area contributed by atoms with Crippen molar-refractivity contribution in [2.24, 2.45) is 0 Å². The molecule has 0 aliphatic rings. The van der Waals surface area contributed by atoms with Crippen molar-refractivity contribution >= 4 is 21.7 Å². The molecule has 0 radical (unpaired) electrons. The van der Waals surface area contributed by atoms with Crippen molar-refractivity contribution in [3.8, 4) is 34.0 Å². The fourth-order valence-electron chi connectivity index (χ4n) is 4.83. The molecule has 1 amide bonds. The zero-order chi connectivity index (χ0) is 32.6. The molecule has 2 N–H and O–H groups in total. The van der Waals surface area contributed by atoms with Crippen molar-refractivity contribution in [1.29, 1.82) is 0 Å². The van der Waals surface area contributed by atoms with E-state index in [9.17, 15) is 13.2 Å². The number of hydrogen-bond donors (Lipinski definition) is 1. The minimum Gasteiger partial charge on any atom is -0.446 e. The zero-order valence-corrected chi connectivity index (χ0v) is 27.5. The molecule has 0 spiro atoms. The third kappa shape index (κ3) is 8.48. The van der Waals surface area contributed by atoms with E-state index in [0.717, 1.165) is 36.8 Å². The number of rotatable bonds is 14. The molecule has 11 heteroatoms. The van der Waals surface area contributed by atoms with Crippen LogP contribution < -0.4 is 5.73 Å². The summed E-state index contributed by atoms with van der Waals surface area (Å²) in [4.78, 5) is 23.4. The number of benzene rings is 2. The Hall–Kier alpha value is -4.25. The van der Waals surface area contributed by atoms with Gasteiger partial charge in [-0.15, -0.1) is 0 Å². The first kappa shape index (κ1) is 33.6. The summed E-state index contributed by atoms with van der Waals surface area (Å²) in [5, 5.41) is 3.69. The monoisotopic (exact) mass is 633 g/mol. The zero-order valence-electron chi connectivity index (χ0n) is 26.7. The first-order valence-electron chi connectivity index (χ1n) is 15.5. The molecule has 1 unspecified atom stereocenters. The third-order valence-corrected chi connectivity index (χ3v) is 9.90. The maximum Gasteiger partial charge on any atom is 0.410 e. The van der Waals surface area contributed by atoms with Gasteiger partial charge in [0.15, 0.2) is 27.1 Å². The molecule has 0 fully saturated rings. The maximum atomic E-state index is 12.7. The molecular weight excluding hydrogens is 590 g/mol. The summed E-state index contributed by atoms with van der Waals surface area (Å²) in [7, 11) is -1.64. The second-order valence-corrected chi connectivity index (χ2v) is 14.0. The van der Waals surface area contributed by atoms with Gasteiger partial charge in [-0.25, -0.2) is 23.2 Å². The van der Waals surface area contributed by atoms with Gasteiger partial charge < -0.3 is 19.9 Å². The van der Waals surface area contributed by atoms with Crippen LogP contribution in [0.1, 0.15) is 71.8 Å². The van der Waals surface area contributed by atoms with Crippen molar-refractivity contribution in [3.63, 3.8) is 0 Å². The van der Waals surface area contributed by atoms with E-state index in [-0.39, 0.29) is 22.9 Å². The van der Waals surface area contributed by atoms with E-state index in [4.69, 9.17) is 15.0 Å². The average Bonchev–Trinajstić information content (AvgIpc) is 3.53. The lowest BCUT2D eigenvalue weighted by Crippen LogP contribution is -2.30. The number of ether oxygens (including phenoxy) is 1. The average molecular weight is 634 g/mol. The first-order valence-corrected chi connectivity index (χ1v) is 17.0. The van der Waals surface area contributed by atoms with Crippen molar-refractivity contribution in [1.82, 2.24) is 20.0 Å². The third-order valence-electron chi connectivity index (χ3n) is 7.73. The van der Waals surface area contributed by atoms with E-state index in [1.807, 2.05) is 31.2 Å². The molecule has 0 aliphatic carbocycles. The second kappa shape index (κ2) is 15.2. The van der Waals surface area contributed by atoms with Crippen LogP contribution in [0.3, 0.4) is 0 Å². The minimum atomic E-state index is -3.38. The number of unbranched alkanes of at least 4 members (excludes halogenated alkanes) is 3. The van der Waals surface area contributed by atoms with Crippen LogP contribution in [0.15, 0.2) is 70.2 Å². The van der Waals surface area contributed by atoms with Crippen LogP contribution in [0, 0.1) is 0 Å². The van der Waals surface area contributed by atoms with Gasteiger partial charge in [-0.1, -0.05) is 74.7 Å². The fourth-order valence-corrected chi connectivity index (χ4v) is 5.89. The summed E-state index contributed by atoms with van der Waals surface area (Å²) in [5.74, 6) is 0.527. The fraction of sp³-hybridized carbons (Fsp3) is 0.412. The predicted molar refractivity (Wildman–Crippen MR) is 176 cm³/mol. The molecule has 0 bridgehead atoms. The lowest BCUT2D eigenvalue weighted by Gasteiger charge is -2.22. The Morgan fingerprint density at radius 1 is 0.978 bits per heavy atom. The summed E-state index contributed by atoms with van der Waals surface area (Å²) in [6.45, 7) is 7.95. The van der Waals surface area contributed by atoms with E-state index in [1.165, 1.54) is 19.0 Å². The lowest BCUT2D eigenvalue weighted by molar-refractivity contribution is 0.0603. The normalized spacial score (nSPS) is 12.3. The van der Waals surface area contributed by atoms with Gasteiger partial charge in [0.1, 0.15) is 11.8 Å². The van der Waals surface area contributed by atoms with Gasteiger partial charge in [0.05, 0.1) is 22.0 Å². The topological polar surface area (TPSA) is 142 Å². The van der Waals surface area contributed by atoms with Gasteiger partial charge >= 0.3 is 6.09 Å². The Morgan fingerprint density at radius 3 is 2.29 bits per heavy atom. The Morgan fingerprint density at radius 2 is 1.64 bits per heavy atom. The van der Waals surface area contributed by atoms with Crippen molar-refractivity contribution in [2.75, 3.05) is 12.8 Å². The highest BCUT2D eigenvalue weighted by atomic mass is 32.2. The van der Waals surface area contributed by atoms with Crippen LogP contribution in [-0.2, 0) is 21.1 Å². The number of aromatic nitrogens is 3. The highest BCUT2D eigenvalue weighted by Crippen LogP contribution is 2.30. The molecule has 2 aromatic heterocycles. The van der Waals surface area contributed by atoms with E-state index in [0.29, 0.717) is 35.0 Å². The number of anilines is 1. The largest absolute Gasteiger partial charge is 0.446 e. The summed E-state index contributed by atoms with van der Waals surface area (Å²) < 4.78 is 36.3. The second-order valence-electron chi connectivity index (χ2n) is 11.5. The molecule has 0 saturated carbocycles. The number of carbonyl (C=O) groups is 1. The summed E-state index contributed by atoms with van der Waals surface area (Å²) >= 11 is 0. The van der Waals surface area contributed by atoms with Crippen LogP contribution in [0.25, 0.3) is 34.0 Å². The van der Waals surface area contributed by atoms with Gasteiger partial charge in [0.25, 0.3) is 0 Å². The number of sulfone groups is 1. The Kier molecular flexibility index (Phi) is 11.3. The van der Waals surface area contributed by atoms with E-state index in [1.54, 1.807) is 56.1 Å². The number of carbonyl (C=O) groups excluding carboxylic acids is 1. The molecule has 2 heterocycles. The Bertz CT molecular complexity index is 1670. The molecule has 1 atom stereocenters. The highest BCUT2D eigenvalue weighted by Gasteiger charge is 2.20. The molecule has 4 rings (SSSR count). The number of nitrogen functional groups attached to an aromatic ring is 1. The van der Waals surface area contributed by atoms with Gasteiger partial charge in [0, 0.05) is 30.8 Å². The molecule has 10 nitrogen and oxygen atoms in total. The molecular formula is C34H43N5O5S. The number of amides is 1. The van der Waals surface area contributed by atoms with Crippen molar-refractivity contribution in [3.05, 3.63) is 66.4 Å². The lowest BCUT2D eigenvalue weighted by atomic mass is 10.1. The number of nitrogens with zero attached hydrogens (tertiary/aromatic N) is 4. The van der Waals surface area contributed by atoms with E-state index >= 15 is 0 Å². The summed E-state index contributed by atoms with van der Waals surface area (Å²) in [6.07, 6.45) is 7.47. The number of hydrogen-bond acceptors (Lipinski definition) is 9. The van der Waals surface area contributed by atoms with Gasteiger partial charge in [-0.2, -0.15) is 0 Å². The maximum absolute atomic E-state index is 12.7.